The molecule has 0 bridgehead atoms. The van der Waals surface area contributed by atoms with E-state index < -0.39 is 0 Å². The van der Waals surface area contributed by atoms with E-state index in [9.17, 15) is 4.79 Å². The van der Waals surface area contributed by atoms with Crippen LogP contribution in [0.3, 0.4) is 0 Å². The zero-order chi connectivity index (χ0) is 18.7. The van der Waals surface area contributed by atoms with Crippen LogP contribution in [0.1, 0.15) is 13.8 Å². The summed E-state index contributed by atoms with van der Waals surface area (Å²) in [7, 11) is 0. The third-order valence-corrected chi connectivity index (χ3v) is 4.86. The molecule has 0 radical (unpaired) electrons. The summed E-state index contributed by atoms with van der Waals surface area (Å²) in [6.45, 7) is 4.97. The van der Waals surface area contributed by atoms with Crippen molar-refractivity contribution in [1.29, 1.82) is 0 Å². The number of rotatable bonds is 3. The van der Waals surface area contributed by atoms with Gasteiger partial charge in [-0.25, -0.2) is 4.79 Å². The number of nitrogens with zero attached hydrogens (tertiary/aromatic N) is 1. The minimum atomic E-state index is -0.212. The Bertz CT molecular complexity index is 783. The third kappa shape index (κ3) is 4.41. The smallest absolute Gasteiger partial charge is 0.322 e. The number of morpholine rings is 1. The third-order valence-electron chi connectivity index (χ3n) is 4.37. The van der Waals surface area contributed by atoms with E-state index in [-0.39, 0.29) is 18.2 Å². The number of nitrogens with one attached hydrogen (secondary N) is 1. The summed E-state index contributed by atoms with van der Waals surface area (Å²) in [5, 5.41) is 4.03. The molecule has 2 aromatic rings. The molecule has 1 N–H and O–H groups in total. The lowest BCUT2D eigenvalue weighted by atomic mass is 10.1. The van der Waals surface area contributed by atoms with Crippen LogP contribution in [0.25, 0.3) is 0 Å². The highest BCUT2D eigenvalue weighted by molar-refractivity contribution is 6.31. The number of carbonyl (C=O) groups excluding carboxylic acids is 1. The first-order chi connectivity index (χ1) is 12.4. The Kier molecular flexibility index (Phi) is 5.91. The van der Waals surface area contributed by atoms with Crippen molar-refractivity contribution in [2.24, 2.45) is 0 Å². The van der Waals surface area contributed by atoms with Gasteiger partial charge in [-0.3, -0.25) is 0 Å². The van der Waals surface area contributed by atoms with Gasteiger partial charge in [0, 0.05) is 16.6 Å². The number of anilines is 1. The van der Waals surface area contributed by atoms with Crippen LogP contribution in [-0.2, 0) is 4.74 Å². The number of amides is 2. The van der Waals surface area contributed by atoms with Crippen LogP contribution < -0.4 is 10.1 Å². The van der Waals surface area contributed by atoms with E-state index in [2.05, 4.69) is 5.32 Å². The van der Waals surface area contributed by atoms with E-state index >= 15 is 0 Å². The van der Waals surface area contributed by atoms with Crippen molar-refractivity contribution in [3.63, 3.8) is 0 Å². The lowest BCUT2D eigenvalue weighted by Gasteiger charge is -2.37. The Morgan fingerprint density at radius 1 is 1.15 bits per heavy atom. The molecule has 26 heavy (non-hydrogen) atoms. The van der Waals surface area contributed by atoms with Gasteiger partial charge in [0.25, 0.3) is 0 Å². The molecule has 7 heteroatoms. The summed E-state index contributed by atoms with van der Waals surface area (Å²) in [5.74, 6) is 1.11. The highest BCUT2D eigenvalue weighted by Crippen LogP contribution is 2.33. The molecule has 2 unspecified atom stereocenters. The van der Waals surface area contributed by atoms with E-state index in [0.717, 1.165) is 0 Å². The molecule has 1 aliphatic heterocycles. The maximum atomic E-state index is 12.7. The number of hydrogen-bond acceptors (Lipinski definition) is 3. The minimum Gasteiger partial charge on any atom is -0.455 e. The van der Waals surface area contributed by atoms with Gasteiger partial charge in [0.2, 0.25) is 0 Å². The minimum absolute atomic E-state index is 0.0151. The van der Waals surface area contributed by atoms with E-state index in [1.54, 1.807) is 47.4 Å². The summed E-state index contributed by atoms with van der Waals surface area (Å²) in [5.41, 5.74) is 0.504. The summed E-state index contributed by atoms with van der Waals surface area (Å²) >= 11 is 12.0. The van der Waals surface area contributed by atoms with Crippen molar-refractivity contribution in [2.75, 3.05) is 18.5 Å². The van der Waals surface area contributed by atoms with Gasteiger partial charge in [-0.2, -0.15) is 0 Å². The first-order valence-electron chi connectivity index (χ1n) is 8.36. The van der Waals surface area contributed by atoms with Crippen LogP contribution in [0.5, 0.6) is 11.5 Å². The summed E-state index contributed by atoms with van der Waals surface area (Å²) in [4.78, 5) is 14.5. The monoisotopic (exact) mass is 394 g/mol. The predicted molar refractivity (Wildman–Crippen MR) is 104 cm³/mol. The number of hydrogen-bond donors (Lipinski definition) is 1. The molecule has 2 amide bonds. The second-order valence-corrected chi connectivity index (χ2v) is 7.01. The average Bonchev–Trinajstić information content (AvgIpc) is 2.61. The van der Waals surface area contributed by atoms with E-state index in [1.165, 1.54) is 0 Å². The molecule has 2 atom stereocenters. The molecule has 1 saturated heterocycles. The average molecular weight is 395 g/mol. The van der Waals surface area contributed by atoms with Crippen LogP contribution in [0.2, 0.25) is 10.0 Å². The Morgan fingerprint density at radius 2 is 1.85 bits per heavy atom. The first kappa shape index (κ1) is 18.8. The van der Waals surface area contributed by atoms with Gasteiger partial charge < -0.3 is 19.7 Å². The first-order valence-corrected chi connectivity index (χ1v) is 9.12. The molecule has 1 heterocycles. The van der Waals surface area contributed by atoms with Gasteiger partial charge in [-0.15, -0.1) is 0 Å². The molecule has 0 aromatic heterocycles. The number of halogens is 2. The second kappa shape index (κ2) is 8.16. The van der Waals surface area contributed by atoms with Crippen molar-refractivity contribution < 1.29 is 14.3 Å². The topological polar surface area (TPSA) is 50.8 Å². The lowest BCUT2D eigenvalue weighted by molar-refractivity contribution is -0.0355. The molecule has 5 nitrogen and oxygen atoms in total. The van der Waals surface area contributed by atoms with E-state index in [0.29, 0.717) is 40.4 Å². The molecule has 3 rings (SSSR count). The van der Waals surface area contributed by atoms with Crippen LogP contribution in [-0.4, -0.2) is 36.2 Å². The Balaban J connectivity index is 1.79. The van der Waals surface area contributed by atoms with Crippen molar-refractivity contribution in [3.05, 3.63) is 52.5 Å². The van der Waals surface area contributed by atoms with Gasteiger partial charge in [0.15, 0.2) is 5.75 Å². The summed E-state index contributed by atoms with van der Waals surface area (Å²) in [6, 6.07) is 11.9. The molecule has 0 aliphatic carbocycles. The zero-order valence-electron chi connectivity index (χ0n) is 14.5. The maximum absolute atomic E-state index is 12.7. The maximum Gasteiger partial charge on any atom is 0.322 e. The van der Waals surface area contributed by atoms with Crippen molar-refractivity contribution >= 4 is 34.9 Å². The van der Waals surface area contributed by atoms with Crippen molar-refractivity contribution in [3.8, 4) is 11.5 Å². The van der Waals surface area contributed by atoms with Gasteiger partial charge in [-0.1, -0.05) is 23.2 Å². The number of benzene rings is 2. The van der Waals surface area contributed by atoms with Gasteiger partial charge >= 0.3 is 6.03 Å². The molecular formula is C19H20Cl2N2O3. The highest BCUT2D eigenvalue weighted by atomic mass is 35.5. The zero-order valence-corrected chi connectivity index (χ0v) is 16.1. The molecule has 0 saturated carbocycles. The number of carbonyl (C=O) groups is 1. The Hall–Kier alpha value is -1.95. The fourth-order valence-electron chi connectivity index (χ4n) is 2.73. The summed E-state index contributed by atoms with van der Waals surface area (Å²) in [6.07, 6.45) is -0.0151. The molecule has 138 valence electrons. The van der Waals surface area contributed by atoms with Crippen molar-refractivity contribution in [2.45, 2.75) is 26.0 Å². The van der Waals surface area contributed by atoms with Crippen LogP contribution >= 0.6 is 23.2 Å². The van der Waals surface area contributed by atoms with Gasteiger partial charge in [-0.05, 0) is 56.3 Å². The van der Waals surface area contributed by atoms with Crippen LogP contribution in [0.4, 0.5) is 10.5 Å². The second-order valence-electron chi connectivity index (χ2n) is 6.14. The molecular weight excluding hydrogens is 375 g/mol. The van der Waals surface area contributed by atoms with Crippen LogP contribution in [0, 0.1) is 0 Å². The standard InChI is InChI=1S/C19H20Cl2N2O3/c1-12-13(2)25-10-9-23(12)19(24)22-17-11-15(21)5-8-18(17)26-16-6-3-14(20)4-7-16/h3-8,11-13H,9-10H2,1-2H3,(H,22,24). The molecule has 0 spiro atoms. The van der Waals surface area contributed by atoms with Crippen molar-refractivity contribution in [1.82, 2.24) is 4.90 Å². The molecule has 2 aromatic carbocycles. The summed E-state index contributed by atoms with van der Waals surface area (Å²) < 4.78 is 11.5. The number of urea groups is 1. The van der Waals surface area contributed by atoms with E-state index in [1.807, 2.05) is 13.8 Å². The Labute approximate surface area is 162 Å². The Morgan fingerprint density at radius 3 is 2.58 bits per heavy atom. The molecule has 1 fully saturated rings. The normalized spacial score (nSPS) is 19.9. The highest BCUT2D eigenvalue weighted by Gasteiger charge is 2.29. The SMILES string of the molecule is CC1OCCN(C(=O)Nc2cc(Cl)ccc2Oc2ccc(Cl)cc2)C1C. The number of ether oxygens (including phenoxy) is 2. The quantitative estimate of drug-likeness (QED) is 0.754. The fourth-order valence-corrected chi connectivity index (χ4v) is 3.02. The molecule has 1 aliphatic rings. The van der Waals surface area contributed by atoms with E-state index in [4.69, 9.17) is 32.7 Å². The van der Waals surface area contributed by atoms with Gasteiger partial charge in [0.05, 0.1) is 24.4 Å². The van der Waals surface area contributed by atoms with Crippen LogP contribution in [0.15, 0.2) is 42.5 Å². The lowest BCUT2D eigenvalue weighted by Crippen LogP contribution is -2.52. The fraction of sp³-hybridized carbons (Fsp3) is 0.316. The largest absolute Gasteiger partial charge is 0.455 e. The van der Waals surface area contributed by atoms with Gasteiger partial charge in [0.1, 0.15) is 5.75 Å². The predicted octanol–water partition coefficient (Wildman–Crippen LogP) is 5.43.